The van der Waals surface area contributed by atoms with E-state index < -0.39 is 5.91 Å². The summed E-state index contributed by atoms with van der Waals surface area (Å²) in [4.78, 5) is 27.6. The molecule has 0 aliphatic heterocycles. The van der Waals surface area contributed by atoms with Crippen LogP contribution in [0.3, 0.4) is 0 Å². The molecule has 0 spiro atoms. The molecule has 0 atom stereocenters. The van der Waals surface area contributed by atoms with Crippen molar-refractivity contribution in [3.8, 4) is 0 Å². The Balaban J connectivity index is 1.83. The third-order valence-electron chi connectivity index (χ3n) is 3.66. The molecular formula is C13H15N5O3. The van der Waals surface area contributed by atoms with E-state index in [0.29, 0.717) is 5.69 Å². The largest absolute Gasteiger partial charge is 0.381 e. The molecule has 0 aromatic carbocycles. The number of rotatable bonds is 4. The number of carbonyl (C=O) groups is 2. The van der Waals surface area contributed by atoms with Crippen molar-refractivity contribution in [2.45, 2.75) is 25.0 Å². The van der Waals surface area contributed by atoms with Gasteiger partial charge in [-0.3, -0.25) is 9.59 Å². The predicted octanol–water partition coefficient (Wildman–Crippen LogP) is -0.265. The Morgan fingerprint density at radius 1 is 1.48 bits per heavy atom. The quantitative estimate of drug-likeness (QED) is 0.805. The number of amides is 2. The molecule has 2 amide bonds. The van der Waals surface area contributed by atoms with Crippen LogP contribution in [-0.4, -0.2) is 45.7 Å². The molecule has 0 bridgehead atoms. The van der Waals surface area contributed by atoms with Crippen molar-refractivity contribution in [2.24, 2.45) is 5.73 Å². The van der Waals surface area contributed by atoms with Crippen molar-refractivity contribution in [1.29, 1.82) is 0 Å². The maximum absolute atomic E-state index is 12.3. The van der Waals surface area contributed by atoms with E-state index in [1.54, 1.807) is 13.2 Å². The highest BCUT2D eigenvalue weighted by molar-refractivity contribution is 5.99. The predicted molar refractivity (Wildman–Crippen MR) is 72.8 cm³/mol. The summed E-state index contributed by atoms with van der Waals surface area (Å²) in [7, 11) is 1.66. The highest BCUT2D eigenvalue weighted by atomic mass is 16.5. The molecule has 8 nitrogen and oxygen atoms in total. The summed E-state index contributed by atoms with van der Waals surface area (Å²) in [6.45, 7) is 0. The monoisotopic (exact) mass is 289 g/mol. The minimum absolute atomic E-state index is 0.0943. The normalized spacial score (nSPS) is 21.0. The minimum atomic E-state index is -0.628. The average molecular weight is 289 g/mol. The van der Waals surface area contributed by atoms with E-state index in [-0.39, 0.29) is 29.3 Å². The lowest BCUT2D eigenvalue weighted by Crippen LogP contribution is -2.47. The lowest BCUT2D eigenvalue weighted by molar-refractivity contribution is 0.0175. The van der Waals surface area contributed by atoms with E-state index >= 15 is 0 Å². The Morgan fingerprint density at radius 3 is 2.90 bits per heavy atom. The van der Waals surface area contributed by atoms with Crippen molar-refractivity contribution in [2.75, 3.05) is 7.11 Å². The number of methoxy groups -OCH3 is 1. The number of hydrogen-bond acceptors (Lipinski definition) is 5. The lowest BCUT2D eigenvalue weighted by Gasteiger charge is -2.34. The van der Waals surface area contributed by atoms with Crippen LogP contribution in [0.4, 0.5) is 0 Å². The van der Waals surface area contributed by atoms with E-state index in [1.807, 2.05) is 0 Å². The zero-order valence-corrected chi connectivity index (χ0v) is 11.4. The fourth-order valence-corrected chi connectivity index (χ4v) is 2.37. The van der Waals surface area contributed by atoms with Gasteiger partial charge < -0.3 is 15.8 Å². The van der Waals surface area contributed by atoms with Crippen molar-refractivity contribution >= 4 is 17.5 Å². The number of ether oxygens (including phenoxy) is 1. The van der Waals surface area contributed by atoms with Gasteiger partial charge in [-0.25, -0.2) is 9.50 Å². The fraction of sp³-hybridized carbons (Fsp3) is 0.385. The van der Waals surface area contributed by atoms with Crippen LogP contribution in [0.15, 0.2) is 18.5 Å². The molecule has 0 radical (unpaired) electrons. The fourth-order valence-electron chi connectivity index (χ4n) is 2.37. The molecule has 110 valence electrons. The van der Waals surface area contributed by atoms with Crippen LogP contribution in [0, 0.1) is 0 Å². The van der Waals surface area contributed by atoms with Gasteiger partial charge in [0.25, 0.3) is 11.8 Å². The number of nitrogens with two attached hydrogens (primary N) is 1. The van der Waals surface area contributed by atoms with Crippen molar-refractivity contribution in [1.82, 2.24) is 19.9 Å². The molecule has 1 aliphatic rings. The molecule has 0 unspecified atom stereocenters. The smallest absolute Gasteiger partial charge is 0.270 e. The third-order valence-corrected chi connectivity index (χ3v) is 3.66. The first-order valence-corrected chi connectivity index (χ1v) is 6.56. The number of nitrogens with zero attached hydrogens (tertiary/aromatic N) is 3. The van der Waals surface area contributed by atoms with Crippen LogP contribution in [0.5, 0.6) is 0 Å². The second-order valence-corrected chi connectivity index (χ2v) is 4.99. The Hall–Kier alpha value is -2.48. The van der Waals surface area contributed by atoms with E-state index in [2.05, 4.69) is 15.4 Å². The average Bonchev–Trinajstić information content (AvgIpc) is 2.85. The maximum atomic E-state index is 12.3. The lowest BCUT2D eigenvalue weighted by atomic mass is 9.89. The topological polar surface area (TPSA) is 112 Å². The molecule has 2 heterocycles. The zero-order valence-electron chi connectivity index (χ0n) is 11.4. The van der Waals surface area contributed by atoms with Gasteiger partial charge in [-0.1, -0.05) is 0 Å². The molecule has 1 aliphatic carbocycles. The SMILES string of the molecule is COC1CC(NC(=O)c2ccnc3c(C(N)=O)cnn23)C1. The van der Waals surface area contributed by atoms with Crippen LogP contribution >= 0.6 is 0 Å². The van der Waals surface area contributed by atoms with Crippen LogP contribution in [0.25, 0.3) is 5.65 Å². The molecule has 2 aromatic heterocycles. The molecule has 1 fully saturated rings. The van der Waals surface area contributed by atoms with Gasteiger partial charge in [-0.15, -0.1) is 0 Å². The highest BCUT2D eigenvalue weighted by Crippen LogP contribution is 2.22. The van der Waals surface area contributed by atoms with Gasteiger partial charge in [0.05, 0.1) is 12.3 Å². The Bertz CT molecular complexity index is 705. The summed E-state index contributed by atoms with van der Waals surface area (Å²) in [6.07, 6.45) is 4.56. The van der Waals surface area contributed by atoms with Crippen molar-refractivity contribution < 1.29 is 14.3 Å². The summed E-state index contributed by atoms with van der Waals surface area (Å²) in [5.41, 5.74) is 6.02. The van der Waals surface area contributed by atoms with Gasteiger partial charge in [0.1, 0.15) is 11.3 Å². The van der Waals surface area contributed by atoms with Crippen LogP contribution in [0.2, 0.25) is 0 Å². The Kier molecular flexibility index (Phi) is 3.30. The zero-order chi connectivity index (χ0) is 15.0. The first-order valence-electron chi connectivity index (χ1n) is 6.56. The second kappa shape index (κ2) is 5.13. The molecule has 21 heavy (non-hydrogen) atoms. The van der Waals surface area contributed by atoms with Gasteiger partial charge in [0.2, 0.25) is 0 Å². The molecule has 1 saturated carbocycles. The third kappa shape index (κ3) is 2.33. The molecule has 8 heteroatoms. The first kappa shape index (κ1) is 13.5. The summed E-state index contributed by atoms with van der Waals surface area (Å²) < 4.78 is 6.49. The highest BCUT2D eigenvalue weighted by Gasteiger charge is 2.31. The Morgan fingerprint density at radius 2 is 2.24 bits per heavy atom. The van der Waals surface area contributed by atoms with Gasteiger partial charge in [-0.2, -0.15) is 5.10 Å². The molecule has 3 rings (SSSR count). The van der Waals surface area contributed by atoms with E-state index in [4.69, 9.17) is 10.5 Å². The minimum Gasteiger partial charge on any atom is -0.381 e. The standard InChI is InChI=1S/C13H15N5O3/c1-21-8-4-7(5-8)17-13(20)10-2-3-15-12-9(11(14)19)6-16-18(10)12/h2-3,6-8H,4-5H2,1H3,(H2,14,19)(H,17,20). The number of fused-ring (bicyclic) bond motifs is 1. The second-order valence-electron chi connectivity index (χ2n) is 4.99. The molecule has 0 saturated heterocycles. The molecular weight excluding hydrogens is 274 g/mol. The first-order chi connectivity index (χ1) is 10.1. The van der Waals surface area contributed by atoms with Crippen LogP contribution in [-0.2, 0) is 4.74 Å². The summed E-state index contributed by atoms with van der Waals surface area (Å²) in [5, 5.41) is 6.91. The maximum Gasteiger partial charge on any atom is 0.270 e. The number of primary amides is 1. The van der Waals surface area contributed by atoms with Gasteiger partial charge in [-0.05, 0) is 18.9 Å². The summed E-state index contributed by atoms with van der Waals surface area (Å²) in [5.74, 6) is -0.891. The summed E-state index contributed by atoms with van der Waals surface area (Å²) >= 11 is 0. The van der Waals surface area contributed by atoms with Crippen LogP contribution in [0.1, 0.15) is 33.7 Å². The number of hydrogen-bond donors (Lipinski definition) is 2. The van der Waals surface area contributed by atoms with Crippen molar-refractivity contribution in [3.63, 3.8) is 0 Å². The van der Waals surface area contributed by atoms with Gasteiger partial charge >= 0.3 is 0 Å². The van der Waals surface area contributed by atoms with Crippen molar-refractivity contribution in [3.05, 3.63) is 29.7 Å². The van der Waals surface area contributed by atoms with Gasteiger partial charge in [0.15, 0.2) is 5.65 Å². The number of nitrogens with one attached hydrogen (secondary N) is 1. The van der Waals surface area contributed by atoms with E-state index in [1.165, 1.54) is 16.9 Å². The van der Waals surface area contributed by atoms with Gasteiger partial charge in [0, 0.05) is 19.3 Å². The Labute approximate surface area is 120 Å². The number of carbonyl (C=O) groups excluding carboxylic acids is 2. The summed E-state index contributed by atoms with van der Waals surface area (Å²) in [6, 6.07) is 1.64. The number of aromatic nitrogens is 3. The molecule has 3 N–H and O–H groups in total. The van der Waals surface area contributed by atoms with E-state index in [0.717, 1.165) is 12.8 Å². The molecule has 2 aromatic rings. The van der Waals surface area contributed by atoms with E-state index in [9.17, 15) is 9.59 Å². The van der Waals surface area contributed by atoms with Crippen LogP contribution < -0.4 is 11.1 Å².